The van der Waals surface area contributed by atoms with E-state index in [-0.39, 0.29) is 6.04 Å². The first kappa shape index (κ1) is 13.4. The molecule has 0 saturated carbocycles. The van der Waals surface area contributed by atoms with E-state index in [9.17, 15) is 0 Å². The van der Waals surface area contributed by atoms with Crippen LogP contribution < -0.4 is 5.73 Å². The Balaban J connectivity index is 1.78. The molecule has 0 fully saturated rings. The summed E-state index contributed by atoms with van der Waals surface area (Å²) in [5.74, 6) is 0. The lowest BCUT2D eigenvalue weighted by atomic mass is 9.88. The first-order chi connectivity index (χ1) is 9.72. The van der Waals surface area contributed by atoms with Crippen LogP contribution in [0.25, 0.3) is 0 Å². The summed E-state index contributed by atoms with van der Waals surface area (Å²) < 4.78 is 0. The number of aryl methyl sites for hydroxylation is 3. The average molecular weight is 265 g/mol. The summed E-state index contributed by atoms with van der Waals surface area (Å²) >= 11 is 0. The Labute approximate surface area is 121 Å². The van der Waals surface area contributed by atoms with Crippen LogP contribution in [-0.2, 0) is 19.3 Å². The van der Waals surface area contributed by atoms with E-state index >= 15 is 0 Å². The fourth-order valence-corrected chi connectivity index (χ4v) is 3.19. The quantitative estimate of drug-likeness (QED) is 0.887. The Morgan fingerprint density at radius 1 is 1.00 bits per heavy atom. The second-order valence-corrected chi connectivity index (χ2v) is 6.03. The van der Waals surface area contributed by atoms with Gasteiger partial charge in [0.2, 0.25) is 0 Å². The van der Waals surface area contributed by atoms with Gasteiger partial charge in [0.25, 0.3) is 0 Å². The van der Waals surface area contributed by atoms with Crippen LogP contribution in [-0.4, -0.2) is 0 Å². The molecule has 0 bridgehead atoms. The van der Waals surface area contributed by atoms with Crippen molar-refractivity contribution in [2.75, 3.05) is 0 Å². The minimum Gasteiger partial charge on any atom is -0.324 e. The van der Waals surface area contributed by atoms with Crippen molar-refractivity contribution in [2.45, 2.75) is 45.1 Å². The molecule has 0 amide bonds. The van der Waals surface area contributed by atoms with Crippen molar-refractivity contribution in [3.8, 4) is 0 Å². The highest BCUT2D eigenvalue weighted by Crippen LogP contribution is 2.25. The van der Waals surface area contributed by atoms with Gasteiger partial charge in [-0.05, 0) is 61.3 Å². The van der Waals surface area contributed by atoms with Crippen molar-refractivity contribution in [3.63, 3.8) is 0 Å². The van der Waals surface area contributed by atoms with E-state index < -0.39 is 0 Å². The molecule has 104 valence electrons. The second-order valence-electron chi connectivity index (χ2n) is 6.03. The number of rotatable bonds is 3. The van der Waals surface area contributed by atoms with Crippen LogP contribution in [0.5, 0.6) is 0 Å². The number of benzene rings is 2. The molecule has 20 heavy (non-hydrogen) atoms. The van der Waals surface area contributed by atoms with Crippen molar-refractivity contribution in [1.82, 2.24) is 0 Å². The Bertz CT molecular complexity index is 600. The van der Waals surface area contributed by atoms with Crippen LogP contribution >= 0.6 is 0 Å². The van der Waals surface area contributed by atoms with Gasteiger partial charge < -0.3 is 5.73 Å². The number of hydrogen-bond acceptors (Lipinski definition) is 1. The molecule has 2 N–H and O–H groups in total. The monoisotopic (exact) mass is 265 g/mol. The minimum atomic E-state index is 0.101. The zero-order chi connectivity index (χ0) is 13.9. The fourth-order valence-electron chi connectivity index (χ4n) is 3.19. The Hall–Kier alpha value is -1.60. The highest BCUT2D eigenvalue weighted by atomic mass is 14.6. The van der Waals surface area contributed by atoms with E-state index in [0.29, 0.717) is 0 Å². The average Bonchev–Trinajstić information content (AvgIpc) is 2.47. The molecule has 3 rings (SSSR count). The molecule has 1 atom stereocenters. The molecule has 0 saturated heterocycles. The topological polar surface area (TPSA) is 26.0 Å². The van der Waals surface area contributed by atoms with Crippen LogP contribution in [0.2, 0.25) is 0 Å². The van der Waals surface area contributed by atoms with Crippen LogP contribution in [0.15, 0.2) is 42.5 Å². The van der Waals surface area contributed by atoms with Gasteiger partial charge in [-0.1, -0.05) is 48.0 Å². The van der Waals surface area contributed by atoms with Gasteiger partial charge in [-0.3, -0.25) is 0 Å². The summed E-state index contributed by atoms with van der Waals surface area (Å²) in [6, 6.07) is 15.6. The second kappa shape index (κ2) is 5.80. The predicted octanol–water partition coefficient (Wildman–Crippen LogP) is 4.12. The first-order valence-electron chi connectivity index (χ1n) is 7.65. The molecule has 0 aliphatic heterocycles. The summed E-state index contributed by atoms with van der Waals surface area (Å²) in [7, 11) is 0. The smallest absolute Gasteiger partial charge is 0.0335 e. The minimum absolute atomic E-state index is 0.101. The van der Waals surface area contributed by atoms with Crippen LogP contribution in [0.4, 0.5) is 0 Å². The standard InChI is InChI=1S/C19H23N/c1-14-5-4-6-15(11-14)12-19(20)18-10-9-16-7-2-3-8-17(16)13-18/h4-6,9-11,13,19H,2-3,7-8,12,20H2,1H3. The van der Waals surface area contributed by atoms with E-state index in [1.54, 1.807) is 0 Å². The molecule has 0 radical (unpaired) electrons. The Morgan fingerprint density at radius 2 is 1.80 bits per heavy atom. The Morgan fingerprint density at radius 3 is 2.60 bits per heavy atom. The third-order valence-electron chi connectivity index (χ3n) is 4.34. The number of hydrogen-bond donors (Lipinski definition) is 1. The fraction of sp³-hybridized carbons (Fsp3) is 0.368. The van der Waals surface area contributed by atoms with Crippen LogP contribution in [0.3, 0.4) is 0 Å². The highest BCUT2D eigenvalue weighted by Gasteiger charge is 2.13. The zero-order valence-electron chi connectivity index (χ0n) is 12.2. The van der Waals surface area contributed by atoms with Gasteiger partial charge in [-0.25, -0.2) is 0 Å². The molecule has 1 aliphatic rings. The summed E-state index contributed by atoms with van der Waals surface area (Å²) in [6.45, 7) is 2.13. The summed E-state index contributed by atoms with van der Waals surface area (Å²) in [5, 5.41) is 0. The van der Waals surface area contributed by atoms with Crippen LogP contribution in [0, 0.1) is 6.92 Å². The molecule has 1 unspecified atom stereocenters. The van der Waals surface area contributed by atoms with Gasteiger partial charge >= 0.3 is 0 Å². The molecule has 0 aromatic heterocycles. The SMILES string of the molecule is Cc1cccc(CC(N)c2ccc3c(c2)CCCC3)c1. The number of nitrogens with two attached hydrogens (primary N) is 1. The van der Waals surface area contributed by atoms with Gasteiger partial charge in [-0.15, -0.1) is 0 Å². The third-order valence-corrected chi connectivity index (χ3v) is 4.34. The van der Waals surface area contributed by atoms with Gasteiger partial charge in [0.15, 0.2) is 0 Å². The molecular formula is C19H23N. The summed E-state index contributed by atoms with van der Waals surface area (Å²) in [5.41, 5.74) is 13.4. The first-order valence-corrected chi connectivity index (χ1v) is 7.65. The third kappa shape index (κ3) is 2.94. The van der Waals surface area contributed by atoms with Gasteiger partial charge in [-0.2, -0.15) is 0 Å². The normalized spacial score (nSPS) is 15.7. The van der Waals surface area contributed by atoms with Gasteiger partial charge in [0.05, 0.1) is 0 Å². The maximum absolute atomic E-state index is 6.41. The zero-order valence-corrected chi connectivity index (χ0v) is 12.2. The highest BCUT2D eigenvalue weighted by molar-refractivity contribution is 5.36. The van der Waals surface area contributed by atoms with Crippen LogP contribution in [0.1, 0.15) is 46.7 Å². The lowest BCUT2D eigenvalue weighted by Crippen LogP contribution is -2.14. The van der Waals surface area contributed by atoms with E-state index in [0.717, 1.165) is 6.42 Å². The molecular weight excluding hydrogens is 242 g/mol. The molecule has 2 aromatic rings. The molecule has 0 heterocycles. The van der Waals surface area contributed by atoms with Crippen molar-refractivity contribution in [3.05, 3.63) is 70.3 Å². The molecule has 0 spiro atoms. The van der Waals surface area contributed by atoms with E-state index in [1.165, 1.54) is 53.5 Å². The lowest BCUT2D eigenvalue weighted by Gasteiger charge is -2.19. The van der Waals surface area contributed by atoms with E-state index in [4.69, 9.17) is 5.73 Å². The molecule has 1 nitrogen and oxygen atoms in total. The van der Waals surface area contributed by atoms with Gasteiger partial charge in [0, 0.05) is 6.04 Å². The summed E-state index contributed by atoms with van der Waals surface area (Å²) in [6.07, 6.45) is 6.04. The van der Waals surface area contributed by atoms with E-state index in [1.807, 2.05) is 0 Å². The number of fused-ring (bicyclic) bond motifs is 1. The molecule has 1 aliphatic carbocycles. The predicted molar refractivity (Wildman–Crippen MR) is 84.9 cm³/mol. The van der Waals surface area contributed by atoms with Crippen molar-refractivity contribution in [1.29, 1.82) is 0 Å². The van der Waals surface area contributed by atoms with Crippen molar-refractivity contribution in [2.24, 2.45) is 5.73 Å². The Kier molecular flexibility index (Phi) is 3.88. The molecule has 2 aromatic carbocycles. The largest absolute Gasteiger partial charge is 0.324 e. The maximum atomic E-state index is 6.41. The lowest BCUT2D eigenvalue weighted by molar-refractivity contribution is 0.675. The summed E-state index contributed by atoms with van der Waals surface area (Å²) in [4.78, 5) is 0. The van der Waals surface area contributed by atoms with E-state index in [2.05, 4.69) is 49.4 Å². The van der Waals surface area contributed by atoms with Gasteiger partial charge in [0.1, 0.15) is 0 Å². The molecule has 1 heteroatoms. The maximum Gasteiger partial charge on any atom is 0.0335 e. The van der Waals surface area contributed by atoms with Crippen molar-refractivity contribution >= 4 is 0 Å². The van der Waals surface area contributed by atoms with Crippen molar-refractivity contribution < 1.29 is 0 Å².